The van der Waals surface area contributed by atoms with Crippen LogP contribution in [0.4, 0.5) is 0 Å². The minimum Gasteiger partial charge on any atom is -0.373 e. The van der Waals surface area contributed by atoms with Crippen LogP contribution in [0.1, 0.15) is 31.7 Å². The summed E-state index contributed by atoms with van der Waals surface area (Å²) in [7, 11) is -3.67. The summed E-state index contributed by atoms with van der Waals surface area (Å²) in [5.41, 5.74) is 1.02. The van der Waals surface area contributed by atoms with Gasteiger partial charge in [0.05, 0.1) is 23.7 Å². The lowest BCUT2D eigenvalue weighted by molar-refractivity contribution is 0.0180. The molecule has 0 amide bonds. The molecule has 19 heavy (non-hydrogen) atoms. The van der Waals surface area contributed by atoms with Gasteiger partial charge in [-0.1, -0.05) is 24.6 Å². The summed E-state index contributed by atoms with van der Waals surface area (Å²) in [6.07, 6.45) is 2.94. The van der Waals surface area contributed by atoms with Crippen molar-refractivity contribution in [3.8, 4) is 0 Å². The molecule has 1 fully saturated rings. The van der Waals surface area contributed by atoms with E-state index in [-0.39, 0.29) is 23.7 Å². The lowest BCUT2D eigenvalue weighted by Crippen LogP contribution is -2.19. The average Bonchev–Trinajstić information content (AvgIpc) is 2.85. The lowest BCUT2D eigenvalue weighted by Gasteiger charge is -2.12. The highest BCUT2D eigenvalue weighted by Crippen LogP contribution is 2.23. The zero-order valence-electron chi connectivity index (χ0n) is 11.3. The Labute approximate surface area is 114 Å². The van der Waals surface area contributed by atoms with E-state index in [4.69, 9.17) is 8.92 Å². The van der Waals surface area contributed by atoms with Gasteiger partial charge in [-0.2, -0.15) is 8.42 Å². The van der Waals surface area contributed by atoms with Gasteiger partial charge in [-0.25, -0.2) is 0 Å². The van der Waals surface area contributed by atoms with E-state index >= 15 is 0 Å². The molecule has 0 saturated carbocycles. The molecule has 4 nitrogen and oxygen atoms in total. The maximum absolute atomic E-state index is 12.0. The Balaban J connectivity index is 1.93. The van der Waals surface area contributed by atoms with Crippen molar-refractivity contribution >= 4 is 10.1 Å². The maximum Gasteiger partial charge on any atom is 0.297 e. The molecule has 2 atom stereocenters. The second-order valence-electron chi connectivity index (χ2n) is 4.92. The molecular formula is C14H20O4S. The summed E-state index contributed by atoms with van der Waals surface area (Å²) < 4.78 is 34.7. The Kier molecular flexibility index (Phi) is 4.60. The molecular weight excluding hydrogens is 264 g/mol. The van der Waals surface area contributed by atoms with Gasteiger partial charge in [-0.15, -0.1) is 0 Å². The minimum absolute atomic E-state index is 0.104. The summed E-state index contributed by atoms with van der Waals surface area (Å²) in [4.78, 5) is 0.197. The average molecular weight is 284 g/mol. The topological polar surface area (TPSA) is 52.6 Å². The van der Waals surface area contributed by atoms with Gasteiger partial charge in [0.15, 0.2) is 0 Å². The van der Waals surface area contributed by atoms with Crippen LogP contribution in [0, 0.1) is 6.92 Å². The van der Waals surface area contributed by atoms with E-state index in [1.165, 1.54) is 0 Å². The Morgan fingerprint density at radius 1 is 1.21 bits per heavy atom. The SMILES string of the molecule is CC[C@H]1CC[C@@H](COS(=O)(=O)c2ccc(C)cc2)O1. The molecule has 1 aliphatic rings. The van der Waals surface area contributed by atoms with Gasteiger partial charge >= 0.3 is 0 Å². The maximum atomic E-state index is 12.0. The van der Waals surface area contributed by atoms with E-state index in [0.29, 0.717) is 0 Å². The second-order valence-corrected chi connectivity index (χ2v) is 6.53. The van der Waals surface area contributed by atoms with E-state index in [9.17, 15) is 8.42 Å². The third-order valence-electron chi connectivity index (χ3n) is 3.37. The molecule has 106 valence electrons. The fourth-order valence-corrected chi connectivity index (χ4v) is 3.08. The molecule has 1 saturated heterocycles. The van der Waals surface area contributed by atoms with E-state index in [1.807, 2.05) is 6.92 Å². The van der Waals surface area contributed by atoms with E-state index in [1.54, 1.807) is 24.3 Å². The number of hydrogen-bond acceptors (Lipinski definition) is 4. The third-order valence-corrected chi connectivity index (χ3v) is 4.67. The Morgan fingerprint density at radius 2 is 1.84 bits per heavy atom. The Hall–Kier alpha value is -0.910. The number of ether oxygens (including phenoxy) is 1. The smallest absolute Gasteiger partial charge is 0.297 e. The van der Waals surface area contributed by atoms with Crippen molar-refractivity contribution in [3.05, 3.63) is 29.8 Å². The molecule has 1 aromatic carbocycles. The second kappa shape index (κ2) is 6.03. The quantitative estimate of drug-likeness (QED) is 0.780. The summed E-state index contributed by atoms with van der Waals surface area (Å²) in [6, 6.07) is 6.65. The molecule has 0 N–H and O–H groups in total. The molecule has 0 unspecified atom stereocenters. The van der Waals surface area contributed by atoms with E-state index < -0.39 is 10.1 Å². The normalized spacial score (nSPS) is 23.7. The largest absolute Gasteiger partial charge is 0.373 e. The number of rotatable bonds is 5. The Bertz CT molecular complexity index is 507. The zero-order valence-corrected chi connectivity index (χ0v) is 12.2. The van der Waals surface area contributed by atoms with Crippen LogP contribution in [0.3, 0.4) is 0 Å². The van der Waals surface area contributed by atoms with Gasteiger partial charge in [0.25, 0.3) is 10.1 Å². The van der Waals surface area contributed by atoms with Crippen LogP contribution in [0.15, 0.2) is 29.2 Å². The zero-order chi connectivity index (χ0) is 13.9. The predicted molar refractivity (Wildman–Crippen MR) is 72.5 cm³/mol. The molecule has 1 aromatic rings. The highest BCUT2D eigenvalue weighted by Gasteiger charge is 2.26. The molecule has 0 spiro atoms. The molecule has 1 aliphatic heterocycles. The van der Waals surface area contributed by atoms with Gasteiger partial charge in [0.1, 0.15) is 0 Å². The number of aryl methyl sites for hydroxylation is 1. The predicted octanol–water partition coefficient (Wildman–Crippen LogP) is 2.66. The standard InChI is InChI=1S/C14H20O4S/c1-3-12-6-7-13(18-12)10-17-19(15,16)14-8-4-11(2)5-9-14/h4-5,8-9,12-13H,3,6-7,10H2,1-2H3/t12-,13-/m0/s1. The minimum atomic E-state index is -3.67. The van der Waals surface area contributed by atoms with Crippen LogP contribution < -0.4 is 0 Å². The first-order chi connectivity index (χ1) is 9.01. The highest BCUT2D eigenvalue weighted by molar-refractivity contribution is 7.86. The summed E-state index contributed by atoms with van der Waals surface area (Å²) in [6.45, 7) is 4.08. The summed E-state index contributed by atoms with van der Waals surface area (Å²) >= 11 is 0. The van der Waals surface area contributed by atoms with Crippen molar-refractivity contribution in [2.75, 3.05) is 6.61 Å². The fourth-order valence-electron chi connectivity index (χ4n) is 2.14. The van der Waals surface area contributed by atoms with Crippen LogP contribution in [0.5, 0.6) is 0 Å². The van der Waals surface area contributed by atoms with Crippen molar-refractivity contribution in [1.82, 2.24) is 0 Å². The molecule has 1 heterocycles. The molecule has 2 rings (SSSR count). The van der Waals surface area contributed by atoms with Gasteiger partial charge in [0.2, 0.25) is 0 Å². The van der Waals surface area contributed by atoms with E-state index in [2.05, 4.69) is 6.92 Å². The number of hydrogen-bond donors (Lipinski definition) is 0. The molecule has 0 radical (unpaired) electrons. The van der Waals surface area contributed by atoms with Crippen molar-refractivity contribution in [3.63, 3.8) is 0 Å². The fraction of sp³-hybridized carbons (Fsp3) is 0.571. The van der Waals surface area contributed by atoms with Crippen molar-refractivity contribution < 1.29 is 17.3 Å². The van der Waals surface area contributed by atoms with Crippen LogP contribution in [-0.2, 0) is 19.0 Å². The first-order valence-electron chi connectivity index (χ1n) is 6.63. The van der Waals surface area contributed by atoms with Crippen LogP contribution >= 0.6 is 0 Å². The first-order valence-corrected chi connectivity index (χ1v) is 8.03. The first kappa shape index (κ1) is 14.5. The monoisotopic (exact) mass is 284 g/mol. The van der Waals surface area contributed by atoms with Gasteiger partial charge < -0.3 is 4.74 Å². The third kappa shape index (κ3) is 3.78. The number of benzene rings is 1. The van der Waals surface area contributed by atoms with Crippen LogP contribution in [0.25, 0.3) is 0 Å². The lowest BCUT2D eigenvalue weighted by atomic mass is 10.2. The molecule has 0 bridgehead atoms. The summed E-state index contributed by atoms with van der Waals surface area (Å²) in [5.74, 6) is 0. The molecule has 5 heteroatoms. The summed E-state index contributed by atoms with van der Waals surface area (Å²) in [5, 5.41) is 0. The van der Waals surface area contributed by atoms with Crippen molar-refractivity contribution in [1.29, 1.82) is 0 Å². The Morgan fingerprint density at radius 3 is 2.42 bits per heavy atom. The van der Waals surface area contributed by atoms with Crippen LogP contribution in [-0.4, -0.2) is 27.2 Å². The molecule has 0 aliphatic carbocycles. The van der Waals surface area contributed by atoms with Crippen LogP contribution in [0.2, 0.25) is 0 Å². The van der Waals surface area contributed by atoms with E-state index in [0.717, 1.165) is 24.8 Å². The molecule has 0 aromatic heterocycles. The van der Waals surface area contributed by atoms with Crippen molar-refractivity contribution in [2.45, 2.75) is 50.2 Å². The van der Waals surface area contributed by atoms with Gasteiger partial charge in [0, 0.05) is 0 Å². The van der Waals surface area contributed by atoms with Gasteiger partial charge in [-0.05, 0) is 38.3 Å². The van der Waals surface area contributed by atoms with Crippen molar-refractivity contribution in [2.24, 2.45) is 0 Å². The highest BCUT2D eigenvalue weighted by atomic mass is 32.2. The van der Waals surface area contributed by atoms with Gasteiger partial charge in [-0.3, -0.25) is 4.18 Å².